The highest BCUT2D eigenvalue weighted by molar-refractivity contribution is 7.87. The molecule has 1 aliphatic heterocycles. The van der Waals surface area contributed by atoms with Crippen molar-refractivity contribution in [3.8, 4) is 0 Å². The fourth-order valence-electron chi connectivity index (χ4n) is 2.44. The van der Waals surface area contributed by atoms with Crippen molar-refractivity contribution < 1.29 is 21.6 Å². The van der Waals surface area contributed by atoms with E-state index < -0.39 is 22.9 Å². The molecule has 1 saturated heterocycles. The van der Waals surface area contributed by atoms with Gasteiger partial charge in [-0.2, -0.15) is 30.6 Å². The van der Waals surface area contributed by atoms with Crippen molar-refractivity contribution in [2.75, 3.05) is 19.6 Å². The van der Waals surface area contributed by atoms with Crippen molar-refractivity contribution in [1.29, 1.82) is 0 Å². The maximum absolute atomic E-state index is 12.2. The van der Waals surface area contributed by atoms with E-state index in [9.17, 15) is 21.6 Å². The normalized spacial score (nSPS) is 23.8. The maximum Gasteiger partial charge on any atom is 0.402 e. The molecule has 1 heterocycles. The monoisotopic (exact) mass is 317 g/mol. The lowest BCUT2D eigenvalue weighted by atomic mass is 9.99. The number of nitrogens with zero attached hydrogens (tertiary/aromatic N) is 1. The molecule has 1 fully saturated rings. The third-order valence-electron chi connectivity index (χ3n) is 3.37. The molecule has 0 aromatic carbocycles. The highest BCUT2D eigenvalue weighted by atomic mass is 32.2. The van der Waals surface area contributed by atoms with Gasteiger partial charge in [0.25, 0.3) is 10.2 Å². The molecule has 2 atom stereocenters. The van der Waals surface area contributed by atoms with Crippen LogP contribution in [0, 0.1) is 0 Å². The van der Waals surface area contributed by atoms with E-state index in [0.717, 1.165) is 10.7 Å². The topological polar surface area (TPSA) is 61.4 Å². The molecule has 0 aromatic heterocycles. The summed E-state index contributed by atoms with van der Waals surface area (Å²) in [6.45, 7) is 3.16. The summed E-state index contributed by atoms with van der Waals surface area (Å²) in [5, 5.41) is 3.13. The summed E-state index contributed by atoms with van der Waals surface area (Å²) in [5.41, 5.74) is 0. The summed E-state index contributed by atoms with van der Waals surface area (Å²) in [7, 11) is -4.11. The first-order chi connectivity index (χ1) is 9.17. The lowest BCUT2D eigenvalue weighted by Crippen LogP contribution is -2.56. The Morgan fingerprint density at radius 2 is 2.00 bits per heavy atom. The molecule has 2 unspecified atom stereocenters. The van der Waals surface area contributed by atoms with Crippen LogP contribution in [0.3, 0.4) is 0 Å². The molecule has 0 radical (unpaired) electrons. The number of hydrogen-bond acceptors (Lipinski definition) is 3. The van der Waals surface area contributed by atoms with Crippen molar-refractivity contribution >= 4 is 10.2 Å². The van der Waals surface area contributed by atoms with Gasteiger partial charge in [-0.05, 0) is 26.3 Å². The van der Waals surface area contributed by atoms with Gasteiger partial charge in [0, 0.05) is 18.6 Å². The third kappa shape index (κ3) is 5.19. The number of nitrogens with one attached hydrogen (secondary N) is 2. The van der Waals surface area contributed by atoms with E-state index in [2.05, 4.69) is 5.32 Å². The Morgan fingerprint density at radius 3 is 2.55 bits per heavy atom. The van der Waals surface area contributed by atoms with Crippen LogP contribution in [0.2, 0.25) is 0 Å². The van der Waals surface area contributed by atoms with Crippen molar-refractivity contribution in [1.82, 2.24) is 14.3 Å². The molecule has 0 saturated carbocycles. The van der Waals surface area contributed by atoms with Gasteiger partial charge in [0.15, 0.2) is 0 Å². The fourth-order valence-corrected chi connectivity index (χ4v) is 3.97. The Labute approximate surface area is 118 Å². The second kappa shape index (κ2) is 7.06. The van der Waals surface area contributed by atoms with E-state index in [1.165, 1.54) is 0 Å². The zero-order chi connectivity index (χ0) is 15.4. The lowest BCUT2D eigenvalue weighted by Gasteiger charge is -2.38. The van der Waals surface area contributed by atoms with E-state index in [1.54, 1.807) is 4.72 Å². The van der Waals surface area contributed by atoms with Gasteiger partial charge in [0.2, 0.25) is 0 Å². The molecule has 0 aromatic rings. The number of likely N-dealkylation sites (N-methyl/N-ethyl adjacent to an activating group) is 1. The second-order valence-corrected chi connectivity index (χ2v) is 6.67. The van der Waals surface area contributed by atoms with Crippen molar-refractivity contribution in [2.24, 2.45) is 0 Å². The Kier molecular flexibility index (Phi) is 6.24. The number of piperidine rings is 1. The molecule has 0 bridgehead atoms. The summed E-state index contributed by atoms with van der Waals surface area (Å²) in [5.74, 6) is 0. The number of hydrogen-bond donors (Lipinski definition) is 2. The smallest absolute Gasteiger partial charge is 0.313 e. The minimum Gasteiger partial charge on any atom is -0.313 e. The molecule has 0 spiro atoms. The van der Waals surface area contributed by atoms with Gasteiger partial charge in [-0.25, -0.2) is 0 Å². The lowest BCUT2D eigenvalue weighted by molar-refractivity contribution is -0.121. The van der Waals surface area contributed by atoms with Crippen LogP contribution in [0.15, 0.2) is 0 Å². The zero-order valence-electron chi connectivity index (χ0n) is 11.7. The molecule has 9 heteroatoms. The maximum atomic E-state index is 12.2. The van der Waals surface area contributed by atoms with E-state index in [1.807, 2.05) is 13.8 Å². The number of rotatable bonds is 6. The molecule has 0 aliphatic carbocycles. The van der Waals surface area contributed by atoms with Crippen molar-refractivity contribution in [3.63, 3.8) is 0 Å². The van der Waals surface area contributed by atoms with Crippen LogP contribution in [-0.2, 0) is 10.2 Å². The minimum atomic E-state index is -4.55. The van der Waals surface area contributed by atoms with Crippen LogP contribution in [0.5, 0.6) is 0 Å². The average molecular weight is 317 g/mol. The van der Waals surface area contributed by atoms with Gasteiger partial charge in [-0.1, -0.05) is 13.3 Å². The number of alkyl halides is 3. The van der Waals surface area contributed by atoms with E-state index in [-0.39, 0.29) is 18.6 Å². The third-order valence-corrected chi connectivity index (χ3v) is 4.95. The molecule has 120 valence electrons. The minimum absolute atomic E-state index is 0.0947. The summed E-state index contributed by atoms with van der Waals surface area (Å²) in [4.78, 5) is 0. The Hall–Kier alpha value is -0.380. The van der Waals surface area contributed by atoms with Crippen molar-refractivity contribution in [3.05, 3.63) is 0 Å². The van der Waals surface area contributed by atoms with Gasteiger partial charge in [0.1, 0.15) is 6.54 Å². The Morgan fingerprint density at radius 1 is 1.35 bits per heavy atom. The molecule has 1 aliphatic rings. The summed E-state index contributed by atoms with van der Waals surface area (Å²) in [6, 6.07) is -0.405. The van der Waals surface area contributed by atoms with Crippen molar-refractivity contribution in [2.45, 2.75) is 51.4 Å². The van der Waals surface area contributed by atoms with Crippen LogP contribution in [0.1, 0.15) is 33.1 Å². The van der Waals surface area contributed by atoms with Crippen LogP contribution in [0.25, 0.3) is 0 Å². The van der Waals surface area contributed by atoms with E-state index in [4.69, 9.17) is 0 Å². The van der Waals surface area contributed by atoms with Crippen LogP contribution < -0.4 is 10.0 Å². The second-order valence-electron chi connectivity index (χ2n) is 4.96. The van der Waals surface area contributed by atoms with E-state index >= 15 is 0 Å². The largest absolute Gasteiger partial charge is 0.402 e. The Bertz CT molecular complexity index is 400. The van der Waals surface area contributed by atoms with Crippen LogP contribution >= 0.6 is 0 Å². The van der Waals surface area contributed by atoms with Crippen LogP contribution in [-0.4, -0.2) is 50.6 Å². The fraction of sp³-hybridized carbons (Fsp3) is 1.00. The standard InChI is InChI=1S/C11H22F3N3O2S/c1-3-15-9(2)10-6-4-5-7-17(10)20(18,19)16-8-11(12,13)14/h9-10,15-16H,3-8H2,1-2H3. The number of halogens is 3. The van der Waals surface area contributed by atoms with Gasteiger partial charge < -0.3 is 5.32 Å². The van der Waals surface area contributed by atoms with E-state index in [0.29, 0.717) is 19.4 Å². The summed E-state index contributed by atoms with van der Waals surface area (Å²) < 4.78 is 63.4. The highest BCUT2D eigenvalue weighted by Gasteiger charge is 2.37. The van der Waals surface area contributed by atoms with Crippen LogP contribution in [0.4, 0.5) is 13.2 Å². The first-order valence-electron chi connectivity index (χ1n) is 6.74. The quantitative estimate of drug-likeness (QED) is 0.775. The molecule has 2 N–H and O–H groups in total. The van der Waals surface area contributed by atoms with Gasteiger partial charge in [-0.3, -0.25) is 0 Å². The summed E-state index contributed by atoms with van der Waals surface area (Å²) >= 11 is 0. The highest BCUT2D eigenvalue weighted by Crippen LogP contribution is 2.23. The molecular weight excluding hydrogens is 295 g/mol. The molecule has 0 amide bonds. The average Bonchev–Trinajstić information content (AvgIpc) is 2.36. The molecule has 1 rings (SSSR count). The summed E-state index contributed by atoms with van der Waals surface area (Å²) in [6.07, 6.45) is -2.35. The SMILES string of the molecule is CCNC(C)C1CCCCN1S(=O)(=O)NCC(F)(F)F. The first kappa shape index (κ1) is 17.7. The first-order valence-corrected chi connectivity index (χ1v) is 8.18. The predicted octanol–water partition coefficient (Wildman–Crippen LogP) is 1.24. The van der Waals surface area contributed by atoms with Gasteiger partial charge in [-0.15, -0.1) is 0 Å². The Balaban J connectivity index is 2.78. The van der Waals surface area contributed by atoms with Gasteiger partial charge in [0.05, 0.1) is 0 Å². The van der Waals surface area contributed by atoms with Gasteiger partial charge >= 0.3 is 6.18 Å². The predicted molar refractivity (Wildman–Crippen MR) is 70.5 cm³/mol. The molecular formula is C11H22F3N3O2S. The molecule has 20 heavy (non-hydrogen) atoms. The molecule has 5 nitrogen and oxygen atoms in total. The zero-order valence-corrected chi connectivity index (χ0v) is 12.5.